The van der Waals surface area contributed by atoms with Crippen molar-refractivity contribution in [3.63, 3.8) is 0 Å². The van der Waals surface area contributed by atoms with Gasteiger partial charge in [0.25, 0.3) is 0 Å². The third-order valence-corrected chi connectivity index (χ3v) is 1.94. The van der Waals surface area contributed by atoms with E-state index >= 15 is 0 Å². The van der Waals surface area contributed by atoms with Crippen LogP contribution in [0.15, 0.2) is 0 Å². The second kappa shape index (κ2) is 7.44. The van der Waals surface area contributed by atoms with Crippen LogP contribution < -0.4 is 16.0 Å². The van der Waals surface area contributed by atoms with Crippen molar-refractivity contribution in [1.82, 2.24) is 16.0 Å². The monoisotopic (exact) mass is 237 g/mol. The minimum absolute atomic E-state index is 0. The molecule has 88 valence electrons. The molecule has 1 saturated heterocycles. The van der Waals surface area contributed by atoms with E-state index in [2.05, 4.69) is 16.0 Å². The molecule has 0 aromatic heterocycles. The Hall–Kier alpha value is -0.850. The molecule has 1 rings (SSSR count). The van der Waals surface area contributed by atoms with Crippen molar-refractivity contribution in [2.45, 2.75) is 6.04 Å². The first-order valence-corrected chi connectivity index (χ1v) is 4.53. The number of carbonyl (C=O) groups is 2. The molecule has 1 heterocycles. The summed E-state index contributed by atoms with van der Waals surface area (Å²) in [4.78, 5) is 22.2. The summed E-state index contributed by atoms with van der Waals surface area (Å²) in [6.07, 6.45) is 0. The number of halogens is 1. The summed E-state index contributed by atoms with van der Waals surface area (Å²) in [6, 6.07) is -0.339. The lowest BCUT2D eigenvalue weighted by atomic mass is 10.2. The molecule has 1 fully saturated rings. The van der Waals surface area contributed by atoms with Crippen molar-refractivity contribution in [2.75, 3.05) is 33.4 Å². The normalized spacial score (nSPS) is 19.9. The largest absolute Gasteiger partial charge is 0.378 e. The van der Waals surface area contributed by atoms with Gasteiger partial charge in [-0.2, -0.15) is 0 Å². The second-order valence-corrected chi connectivity index (χ2v) is 2.97. The third kappa shape index (κ3) is 4.96. The number of likely N-dealkylation sites (N-methyl/N-ethyl adjacent to an activating group) is 1. The lowest BCUT2D eigenvalue weighted by Crippen LogP contribution is -2.52. The van der Waals surface area contributed by atoms with Crippen LogP contribution in [0.5, 0.6) is 0 Å². The zero-order valence-electron chi connectivity index (χ0n) is 8.54. The van der Waals surface area contributed by atoms with Crippen molar-refractivity contribution < 1.29 is 14.3 Å². The first kappa shape index (κ1) is 14.2. The van der Waals surface area contributed by atoms with E-state index in [9.17, 15) is 9.59 Å². The summed E-state index contributed by atoms with van der Waals surface area (Å²) < 4.78 is 5.11. The van der Waals surface area contributed by atoms with Crippen LogP contribution in [0.1, 0.15) is 0 Å². The van der Waals surface area contributed by atoms with E-state index in [1.807, 2.05) is 0 Å². The molecular weight excluding hydrogens is 222 g/mol. The molecule has 3 N–H and O–H groups in total. The van der Waals surface area contributed by atoms with Gasteiger partial charge in [0.15, 0.2) is 0 Å². The van der Waals surface area contributed by atoms with Crippen LogP contribution in [0.25, 0.3) is 0 Å². The molecule has 0 bridgehead atoms. The van der Waals surface area contributed by atoms with Crippen molar-refractivity contribution in [2.24, 2.45) is 0 Å². The lowest BCUT2D eigenvalue weighted by molar-refractivity contribution is -0.129. The average molecular weight is 238 g/mol. The Bertz CT molecular complexity index is 219. The predicted molar refractivity (Wildman–Crippen MR) is 56.9 cm³/mol. The zero-order valence-corrected chi connectivity index (χ0v) is 9.36. The minimum Gasteiger partial charge on any atom is -0.378 e. The van der Waals surface area contributed by atoms with Crippen LogP contribution in [0.2, 0.25) is 0 Å². The number of rotatable bonds is 3. The molecule has 15 heavy (non-hydrogen) atoms. The van der Waals surface area contributed by atoms with Crippen LogP contribution in [0, 0.1) is 0 Å². The average Bonchev–Trinajstić information content (AvgIpc) is 2.26. The van der Waals surface area contributed by atoms with E-state index in [4.69, 9.17) is 4.74 Å². The molecule has 0 saturated carbocycles. The number of carbonyl (C=O) groups excluding carboxylic acids is 2. The van der Waals surface area contributed by atoms with Gasteiger partial charge in [0.05, 0.1) is 19.8 Å². The van der Waals surface area contributed by atoms with Crippen molar-refractivity contribution in [3.05, 3.63) is 0 Å². The maximum absolute atomic E-state index is 11.4. The van der Waals surface area contributed by atoms with Gasteiger partial charge >= 0.3 is 0 Å². The van der Waals surface area contributed by atoms with Gasteiger partial charge in [0.1, 0.15) is 6.04 Å². The van der Waals surface area contributed by atoms with Crippen LogP contribution in [-0.4, -0.2) is 51.2 Å². The van der Waals surface area contributed by atoms with Gasteiger partial charge in [-0.3, -0.25) is 9.59 Å². The highest BCUT2D eigenvalue weighted by molar-refractivity contribution is 5.87. The number of ether oxygens (including phenoxy) is 1. The van der Waals surface area contributed by atoms with E-state index < -0.39 is 0 Å². The lowest BCUT2D eigenvalue weighted by Gasteiger charge is -2.22. The first-order valence-electron chi connectivity index (χ1n) is 4.53. The van der Waals surface area contributed by atoms with Gasteiger partial charge in [-0.1, -0.05) is 0 Å². The van der Waals surface area contributed by atoms with Crippen LogP contribution in [0.4, 0.5) is 0 Å². The number of nitrogens with one attached hydrogen (secondary N) is 3. The van der Waals surface area contributed by atoms with Crippen LogP contribution in [0.3, 0.4) is 0 Å². The Morgan fingerprint density at radius 1 is 1.53 bits per heavy atom. The number of morpholine rings is 1. The van der Waals surface area contributed by atoms with Gasteiger partial charge in [0, 0.05) is 13.6 Å². The fourth-order valence-corrected chi connectivity index (χ4v) is 1.11. The summed E-state index contributed by atoms with van der Waals surface area (Å²) in [5, 5.41) is 7.92. The molecule has 0 aliphatic carbocycles. The van der Waals surface area contributed by atoms with E-state index in [0.29, 0.717) is 19.8 Å². The molecule has 1 aliphatic heterocycles. The second-order valence-electron chi connectivity index (χ2n) is 2.97. The highest BCUT2D eigenvalue weighted by atomic mass is 35.5. The number of amides is 2. The third-order valence-electron chi connectivity index (χ3n) is 1.94. The smallest absolute Gasteiger partial charge is 0.239 e. The van der Waals surface area contributed by atoms with Gasteiger partial charge < -0.3 is 20.7 Å². The van der Waals surface area contributed by atoms with Gasteiger partial charge in [-0.25, -0.2) is 0 Å². The van der Waals surface area contributed by atoms with Gasteiger partial charge in [-0.05, 0) is 0 Å². The quantitative estimate of drug-likeness (QED) is 0.545. The van der Waals surface area contributed by atoms with E-state index in [1.54, 1.807) is 0 Å². The molecular formula is C8H16ClN3O3. The first-order chi connectivity index (χ1) is 6.74. The molecule has 0 aromatic carbocycles. The van der Waals surface area contributed by atoms with Crippen LogP contribution >= 0.6 is 12.4 Å². The summed E-state index contributed by atoms with van der Waals surface area (Å²) in [5.41, 5.74) is 0. The molecule has 1 atom stereocenters. The fraction of sp³-hybridized carbons (Fsp3) is 0.750. The Kier molecular flexibility index (Phi) is 7.02. The van der Waals surface area contributed by atoms with E-state index in [1.165, 1.54) is 7.05 Å². The molecule has 2 amide bonds. The molecule has 7 heteroatoms. The molecule has 6 nitrogen and oxygen atoms in total. The molecule has 0 aromatic rings. The minimum atomic E-state index is -0.339. The zero-order chi connectivity index (χ0) is 10.4. The Labute approximate surface area is 94.5 Å². The van der Waals surface area contributed by atoms with Crippen LogP contribution in [-0.2, 0) is 14.3 Å². The van der Waals surface area contributed by atoms with Gasteiger partial charge in [0.2, 0.25) is 11.8 Å². The van der Waals surface area contributed by atoms with Gasteiger partial charge in [-0.15, -0.1) is 12.4 Å². The molecule has 1 aliphatic rings. The SMILES string of the molecule is CNC(=O)CNC(=O)[C@H]1COCCN1.Cl. The van der Waals surface area contributed by atoms with Crippen molar-refractivity contribution in [3.8, 4) is 0 Å². The summed E-state index contributed by atoms with van der Waals surface area (Å²) in [6.45, 7) is 1.66. The fourth-order valence-electron chi connectivity index (χ4n) is 1.11. The predicted octanol–water partition coefficient (Wildman–Crippen LogP) is -1.74. The topological polar surface area (TPSA) is 79.5 Å². The highest BCUT2D eigenvalue weighted by Gasteiger charge is 2.20. The van der Waals surface area contributed by atoms with E-state index in [0.717, 1.165) is 0 Å². The number of hydrogen-bond acceptors (Lipinski definition) is 4. The highest BCUT2D eigenvalue weighted by Crippen LogP contribution is 1.92. The summed E-state index contributed by atoms with van der Waals surface area (Å²) >= 11 is 0. The molecule has 0 spiro atoms. The molecule has 0 unspecified atom stereocenters. The summed E-state index contributed by atoms with van der Waals surface area (Å²) in [5.74, 6) is -0.414. The maximum Gasteiger partial charge on any atom is 0.239 e. The maximum atomic E-state index is 11.4. The Morgan fingerprint density at radius 3 is 2.80 bits per heavy atom. The Morgan fingerprint density at radius 2 is 2.27 bits per heavy atom. The van der Waals surface area contributed by atoms with Crippen molar-refractivity contribution in [1.29, 1.82) is 0 Å². The standard InChI is InChI=1S/C8H15N3O3.ClH/c1-9-7(12)4-11-8(13)6-5-14-3-2-10-6;/h6,10H,2-5H2,1H3,(H,9,12)(H,11,13);1H/t6-;/m1./s1. The Balaban J connectivity index is 0.00000196. The summed E-state index contributed by atoms with van der Waals surface area (Å²) in [7, 11) is 1.52. The number of hydrogen-bond donors (Lipinski definition) is 3. The van der Waals surface area contributed by atoms with E-state index in [-0.39, 0.29) is 36.8 Å². The van der Waals surface area contributed by atoms with Crippen molar-refractivity contribution >= 4 is 24.2 Å². The molecule has 0 radical (unpaired) electrons.